The molecule has 0 unspecified atom stereocenters. The van der Waals surface area contributed by atoms with E-state index in [1.807, 2.05) is 31.2 Å². The van der Waals surface area contributed by atoms with Crippen LogP contribution in [0.4, 0.5) is 0 Å². The third-order valence-electron chi connectivity index (χ3n) is 4.28. The number of aromatic nitrogens is 1. The molecule has 0 aliphatic carbocycles. The fourth-order valence-corrected chi connectivity index (χ4v) is 3.02. The summed E-state index contributed by atoms with van der Waals surface area (Å²) in [7, 11) is 0. The minimum Gasteiger partial charge on any atom is -0.353 e. The smallest absolute Gasteiger partial charge is 0.242 e. The molecule has 0 spiro atoms. The SMILES string of the molecule is Cc1ccccc1[C@H]1C(=O)NCCN1Cc1cccnc1C. The molecule has 0 saturated carbocycles. The lowest BCUT2D eigenvalue weighted by molar-refractivity contribution is -0.129. The third kappa shape index (κ3) is 2.88. The van der Waals surface area contributed by atoms with Gasteiger partial charge in [-0.2, -0.15) is 0 Å². The summed E-state index contributed by atoms with van der Waals surface area (Å²) >= 11 is 0. The molecule has 22 heavy (non-hydrogen) atoms. The number of nitrogens with zero attached hydrogens (tertiary/aromatic N) is 2. The number of piperazine rings is 1. The monoisotopic (exact) mass is 295 g/mol. The molecule has 114 valence electrons. The van der Waals surface area contributed by atoms with Crippen LogP contribution in [-0.4, -0.2) is 28.9 Å². The highest BCUT2D eigenvalue weighted by atomic mass is 16.2. The first-order valence-electron chi connectivity index (χ1n) is 7.64. The zero-order valence-corrected chi connectivity index (χ0v) is 13.0. The summed E-state index contributed by atoms with van der Waals surface area (Å²) in [4.78, 5) is 19.1. The van der Waals surface area contributed by atoms with Gasteiger partial charge in [0.05, 0.1) is 0 Å². The Balaban J connectivity index is 1.93. The fraction of sp³-hybridized carbons (Fsp3) is 0.333. The number of amides is 1. The van der Waals surface area contributed by atoms with Gasteiger partial charge in [0.15, 0.2) is 0 Å². The summed E-state index contributed by atoms with van der Waals surface area (Å²) in [5, 5.41) is 2.99. The molecule has 0 bridgehead atoms. The minimum absolute atomic E-state index is 0.0853. The number of aryl methyl sites for hydroxylation is 2. The molecule has 1 saturated heterocycles. The van der Waals surface area contributed by atoms with Crippen LogP contribution in [0.3, 0.4) is 0 Å². The number of carbonyl (C=O) groups is 1. The molecular weight excluding hydrogens is 274 g/mol. The second-order valence-electron chi connectivity index (χ2n) is 5.77. The normalized spacial score (nSPS) is 19.0. The largest absolute Gasteiger partial charge is 0.353 e. The van der Waals surface area contributed by atoms with Crippen molar-refractivity contribution in [2.45, 2.75) is 26.4 Å². The van der Waals surface area contributed by atoms with E-state index >= 15 is 0 Å². The summed E-state index contributed by atoms with van der Waals surface area (Å²) in [6, 6.07) is 11.9. The van der Waals surface area contributed by atoms with Crippen LogP contribution in [0.25, 0.3) is 0 Å². The van der Waals surface area contributed by atoms with Crippen molar-refractivity contribution in [2.75, 3.05) is 13.1 Å². The number of pyridine rings is 1. The zero-order chi connectivity index (χ0) is 15.5. The maximum absolute atomic E-state index is 12.5. The quantitative estimate of drug-likeness (QED) is 0.945. The highest BCUT2D eigenvalue weighted by Gasteiger charge is 2.32. The number of hydrogen-bond donors (Lipinski definition) is 1. The number of hydrogen-bond acceptors (Lipinski definition) is 3. The second-order valence-corrected chi connectivity index (χ2v) is 5.77. The maximum Gasteiger partial charge on any atom is 0.242 e. The molecule has 0 radical (unpaired) electrons. The van der Waals surface area contributed by atoms with Gasteiger partial charge in [-0.15, -0.1) is 0 Å². The fourth-order valence-electron chi connectivity index (χ4n) is 3.02. The summed E-state index contributed by atoms with van der Waals surface area (Å²) in [6.07, 6.45) is 1.81. The molecule has 1 fully saturated rings. The van der Waals surface area contributed by atoms with Crippen LogP contribution in [0.5, 0.6) is 0 Å². The first kappa shape index (κ1) is 14.7. The van der Waals surface area contributed by atoms with Gasteiger partial charge in [0.2, 0.25) is 5.91 Å². The van der Waals surface area contributed by atoms with Gasteiger partial charge < -0.3 is 5.32 Å². The van der Waals surface area contributed by atoms with Gasteiger partial charge in [0.1, 0.15) is 6.04 Å². The van der Waals surface area contributed by atoms with E-state index in [1.54, 1.807) is 6.20 Å². The molecule has 1 aliphatic rings. The molecule has 1 aliphatic heterocycles. The summed E-state index contributed by atoms with van der Waals surface area (Å²) in [6.45, 7) is 6.36. The van der Waals surface area contributed by atoms with Crippen LogP contribution in [0.2, 0.25) is 0 Å². The molecule has 3 rings (SSSR count). The Hall–Kier alpha value is -2.20. The molecule has 1 aromatic carbocycles. The van der Waals surface area contributed by atoms with E-state index in [2.05, 4.69) is 34.3 Å². The van der Waals surface area contributed by atoms with Crippen molar-refractivity contribution in [3.63, 3.8) is 0 Å². The second kappa shape index (κ2) is 6.28. The zero-order valence-electron chi connectivity index (χ0n) is 13.0. The van der Waals surface area contributed by atoms with E-state index in [9.17, 15) is 4.79 Å². The highest BCUT2D eigenvalue weighted by molar-refractivity contribution is 5.84. The lowest BCUT2D eigenvalue weighted by atomic mass is 9.97. The van der Waals surface area contributed by atoms with Crippen LogP contribution >= 0.6 is 0 Å². The van der Waals surface area contributed by atoms with Crippen molar-refractivity contribution in [3.8, 4) is 0 Å². The van der Waals surface area contributed by atoms with E-state index in [0.29, 0.717) is 6.54 Å². The van der Waals surface area contributed by atoms with E-state index in [1.165, 1.54) is 5.56 Å². The number of rotatable bonds is 3. The van der Waals surface area contributed by atoms with Gasteiger partial charge in [0, 0.05) is 31.5 Å². The molecular formula is C18H21N3O. The average Bonchev–Trinajstić information content (AvgIpc) is 2.51. The Bertz CT molecular complexity index is 684. The van der Waals surface area contributed by atoms with E-state index in [0.717, 1.165) is 29.9 Å². The summed E-state index contributed by atoms with van der Waals surface area (Å²) in [5.41, 5.74) is 4.44. The van der Waals surface area contributed by atoms with Crippen molar-refractivity contribution in [1.82, 2.24) is 15.2 Å². The van der Waals surface area contributed by atoms with Crippen molar-refractivity contribution in [3.05, 3.63) is 65.0 Å². The summed E-state index contributed by atoms with van der Waals surface area (Å²) in [5.74, 6) is 0.0853. The van der Waals surface area contributed by atoms with Crippen molar-refractivity contribution in [1.29, 1.82) is 0 Å². The van der Waals surface area contributed by atoms with Gasteiger partial charge in [-0.1, -0.05) is 30.3 Å². The van der Waals surface area contributed by atoms with Crippen molar-refractivity contribution in [2.24, 2.45) is 0 Å². The van der Waals surface area contributed by atoms with Crippen molar-refractivity contribution >= 4 is 5.91 Å². The topological polar surface area (TPSA) is 45.2 Å². The molecule has 2 heterocycles. The molecule has 4 heteroatoms. The van der Waals surface area contributed by atoms with Gasteiger partial charge >= 0.3 is 0 Å². The minimum atomic E-state index is -0.227. The standard InChI is InChI=1S/C18H21N3O/c1-13-6-3-4-8-16(13)17-18(22)20-10-11-21(17)12-15-7-5-9-19-14(15)2/h3-9,17H,10-12H2,1-2H3,(H,20,22)/t17-/m0/s1. The lowest BCUT2D eigenvalue weighted by Gasteiger charge is -2.36. The Morgan fingerprint density at radius 2 is 2.05 bits per heavy atom. The Labute approximate surface area is 131 Å². The lowest BCUT2D eigenvalue weighted by Crippen LogP contribution is -2.49. The van der Waals surface area contributed by atoms with E-state index in [4.69, 9.17) is 0 Å². The Morgan fingerprint density at radius 1 is 1.23 bits per heavy atom. The highest BCUT2D eigenvalue weighted by Crippen LogP contribution is 2.27. The first-order valence-corrected chi connectivity index (χ1v) is 7.64. The maximum atomic E-state index is 12.5. The summed E-state index contributed by atoms with van der Waals surface area (Å²) < 4.78 is 0. The Morgan fingerprint density at radius 3 is 2.82 bits per heavy atom. The van der Waals surface area contributed by atoms with Gasteiger partial charge in [0.25, 0.3) is 0 Å². The number of nitrogens with one attached hydrogen (secondary N) is 1. The molecule has 1 atom stereocenters. The third-order valence-corrected chi connectivity index (χ3v) is 4.28. The first-order chi connectivity index (χ1) is 10.7. The molecule has 4 nitrogen and oxygen atoms in total. The van der Waals surface area contributed by atoms with E-state index < -0.39 is 0 Å². The number of benzene rings is 1. The van der Waals surface area contributed by atoms with Crippen molar-refractivity contribution < 1.29 is 4.79 Å². The van der Waals surface area contributed by atoms with Crippen LogP contribution in [0.1, 0.15) is 28.4 Å². The average molecular weight is 295 g/mol. The van der Waals surface area contributed by atoms with Gasteiger partial charge in [-0.25, -0.2) is 0 Å². The van der Waals surface area contributed by atoms with Crippen LogP contribution in [0, 0.1) is 13.8 Å². The predicted molar refractivity (Wildman–Crippen MR) is 86.3 cm³/mol. The van der Waals surface area contributed by atoms with Gasteiger partial charge in [-0.05, 0) is 36.6 Å². The predicted octanol–water partition coefficient (Wildman–Crippen LogP) is 2.37. The molecule has 1 aromatic heterocycles. The molecule has 1 N–H and O–H groups in total. The van der Waals surface area contributed by atoms with Crippen LogP contribution in [0.15, 0.2) is 42.6 Å². The molecule has 1 amide bonds. The Kier molecular flexibility index (Phi) is 4.20. The van der Waals surface area contributed by atoms with Crippen LogP contribution < -0.4 is 5.32 Å². The number of carbonyl (C=O) groups excluding carboxylic acids is 1. The van der Waals surface area contributed by atoms with E-state index in [-0.39, 0.29) is 11.9 Å². The van der Waals surface area contributed by atoms with Gasteiger partial charge in [-0.3, -0.25) is 14.7 Å². The van der Waals surface area contributed by atoms with Crippen LogP contribution in [-0.2, 0) is 11.3 Å². The molecule has 2 aromatic rings.